The highest BCUT2D eigenvalue weighted by Gasteiger charge is 2.19. The third kappa shape index (κ3) is 2.08. The molecule has 3 rings (SSSR count). The van der Waals surface area contributed by atoms with Gasteiger partial charge in [-0.3, -0.25) is 4.90 Å². The van der Waals surface area contributed by atoms with Crippen LogP contribution in [0.2, 0.25) is 0 Å². The zero-order chi connectivity index (χ0) is 12.5. The van der Waals surface area contributed by atoms with Crippen LogP contribution >= 0.6 is 0 Å². The monoisotopic (exact) mass is 241 g/mol. The number of hydrogen-bond donors (Lipinski definition) is 0. The van der Waals surface area contributed by atoms with Gasteiger partial charge in [0, 0.05) is 24.0 Å². The highest BCUT2D eigenvalue weighted by Crippen LogP contribution is 2.33. The summed E-state index contributed by atoms with van der Waals surface area (Å²) in [5, 5.41) is 2.49. The first-order chi connectivity index (χ1) is 8.74. The van der Waals surface area contributed by atoms with E-state index < -0.39 is 0 Å². The van der Waals surface area contributed by atoms with E-state index in [2.05, 4.69) is 55.1 Å². The molecule has 0 spiro atoms. The lowest BCUT2D eigenvalue weighted by Crippen LogP contribution is -2.34. The Balaban J connectivity index is 1.95. The van der Waals surface area contributed by atoms with Crippen LogP contribution in [0.1, 0.15) is 19.4 Å². The van der Waals surface area contributed by atoms with E-state index in [1.807, 2.05) is 0 Å². The number of fused-ring (bicyclic) bond motifs is 3. The van der Waals surface area contributed by atoms with Crippen LogP contribution < -0.4 is 4.74 Å². The topological polar surface area (TPSA) is 12.5 Å². The van der Waals surface area contributed by atoms with Gasteiger partial charge in [-0.25, -0.2) is 0 Å². The normalized spacial score (nSPS) is 15.7. The number of nitrogens with zero attached hydrogens (tertiary/aromatic N) is 1. The molecule has 0 aromatic heterocycles. The van der Waals surface area contributed by atoms with Crippen molar-refractivity contribution in [2.24, 2.45) is 5.92 Å². The zero-order valence-electron chi connectivity index (χ0n) is 11.0. The van der Waals surface area contributed by atoms with Crippen LogP contribution in [0, 0.1) is 5.92 Å². The van der Waals surface area contributed by atoms with Crippen LogP contribution in [-0.4, -0.2) is 18.2 Å². The highest BCUT2D eigenvalue weighted by atomic mass is 16.5. The largest absolute Gasteiger partial charge is 0.477 e. The molecule has 0 radical (unpaired) electrons. The molecule has 1 aliphatic heterocycles. The van der Waals surface area contributed by atoms with Crippen molar-refractivity contribution in [3.8, 4) is 5.75 Å². The van der Waals surface area contributed by atoms with Crippen molar-refractivity contribution in [1.29, 1.82) is 0 Å². The molecule has 0 atom stereocenters. The van der Waals surface area contributed by atoms with E-state index >= 15 is 0 Å². The maximum absolute atomic E-state index is 5.98. The molecule has 0 fully saturated rings. The number of hydrogen-bond acceptors (Lipinski definition) is 2. The van der Waals surface area contributed by atoms with Crippen molar-refractivity contribution in [2.45, 2.75) is 20.4 Å². The lowest BCUT2D eigenvalue weighted by molar-refractivity contribution is 0.0861. The first-order valence-corrected chi connectivity index (χ1v) is 6.60. The van der Waals surface area contributed by atoms with E-state index in [1.165, 1.54) is 16.3 Å². The SMILES string of the molecule is CC(C)CN1COc2c(ccc3ccccc23)C1. The first-order valence-electron chi connectivity index (χ1n) is 6.60. The fraction of sp³-hybridized carbons (Fsp3) is 0.375. The summed E-state index contributed by atoms with van der Waals surface area (Å²) in [5.41, 5.74) is 1.31. The van der Waals surface area contributed by atoms with Crippen LogP contribution in [0.15, 0.2) is 36.4 Å². The van der Waals surface area contributed by atoms with Crippen molar-refractivity contribution < 1.29 is 4.74 Å². The maximum atomic E-state index is 5.98. The van der Waals surface area contributed by atoms with Gasteiger partial charge in [-0.1, -0.05) is 50.2 Å². The zero-order valence-corrected chi connectivity index (χ0v) is 11.0. The summed E-state index contributed by atoms with van der Waals surface area (Å²) >= 11 is 0. The third-order valence-electron chi connectivity index (χ3n) is 3.37. The fourth-order valence-corrected chi connectivity index (χ4v) is 2.66. The molecule has 18 heavy (non-hydrogen) atoms. The van der Waals surface area contributed by atoms with Gasteiger partial charge in [-0.2, -0.15) is 0 Å². The molecule has 94 valence electrons. The minimum absolute atomic E-state index is 0.676. The third-order valence-corrected chi connectivity index (χ3v) is 3.37. The molecule has 0 N–H and O–H groups in total. The number of ether oxygens (including phenoxy) is 1. The molecule has 0 amide bonds. The average Bonchev–Trinajstić information content (AvgIpc) is 2.37. The van der Waals surface area contributed by atoms with E-state index in [0.717, 1.165) is 18.8 Å². The Labute approximate surface area is 108 Å². The van der Waals surface area contributed by atoms with Gasteiger partial charge < -0.3 is 4.74 Å². The Hall–Kier alpha value is -1.54. The summed E-state index contributed by atoms with van der Waals surface area (Å²) in [6.07, 6.45) is 0. The molecule has 2 aromatic carbocycles. The Morgan fingerprint density at radius 3 is 2.83 bits per heavy atom. The van der Waals surface area contributed by atoms with Gasteiger partial charge in [-0.15, -0.1) is 0 Å². The molecule has 1 heterocycles. The second-order valence-electron chi connectivity index (χ2n) is 5.45. The molecule has 2 heteroatoms. The summed E-state index contributed by atoms with van der Waals surface area (Å²) in [7, 11) is 0. The van der Waals surface area contributed by atoms with Crippen LogP contribution in [0.4, 0.5) is 0 Å². The second-order valence-corrected chi connectivity index (χ2v) is 5.45. The van der Waals surface area contributed by atoms with Crippen LogP contribution in [0.3, 0.4) is 0 Å². The van der Waals surface area contributed by atoms with Crippen LogP contribution in [0.25, 0.3) is 10.8 Å². The molecule has 0 saturated carbocycles. The molecule has 2 nitrogen and oxygen atoms in total. The molecule has 0 saturated heterocycles. The summed E-state index contributed by atoms with van der Waals surface area (Å²) in [6.45, 7) is 7.29. The van der Waals surface area contributed by atoms with Gasteiger partial charge in [-0.05, 0) is 11.3 Å². The van der Waals surface area contributed by atoms with Gasteiger partial charge in [0.05, 0.1) is 0 Å². The standard InChI is InChI=1S/C16H19NO/c1-12(2)9-17-10-14-8-7-13-5-3-4-6-15(13)16(14)18-11-17/h3-8,12H,9-11H2,1-2H3. The van der Waals surface area contributed by atoms with E-state index in [1.54, 1.807) is 0 Å². The molecular weight excluding hydrogens is 222 g/mol. The molecule has 0 bridgehead atoms. The van der Waals surface area contributed by atoms with Gasteiger partial charge >= 0.3 is 0 Å². The average molecular weight is 241 g/mol. The van der Waals surface area contributed by atoms with Crippen molar-refractivity contribution in [3.63, 3.8) is 0 Å². The summed E-state index contributed by atoms with van der Waals surface area (Å²) < 4.78 is 5.98. The maximum Gasteiger partial charge on any atom is 0.142 e. The van der Waals surface area contributed by atoms with Crippen molar-refractivity contribution in [2.75, 3.05) is 13.3 Å². The second kappa shape index (κ2) is 4.62. The fourth-order valence-electron chi connectivity index (χ4n) is 2.66. The van der Waals surface area contributed by atoms with Crippen LogP contribution in [-0.2, 0) is 6.54 Å². The van der Waals surface area contributed by atoms with E-state index in [4.69, 9.17) is 4.74 Å². The van der Waals surface area contributed by atoms with Crippen molar-refractivity contribution in [1.82, 2.24) is 4.90 Å². The van der Waals surface area contributed by atoms with Gasteiger partial charge in [0.15, 0.2) is 0 Å². The molecule has 0 unspecified atom stereocenters. The van der Waals surface area contributed by atoms with Crippen LogP contribution in [0.5, 0.6) is 5.75 Å². The van der Waals surface area contributed by atoms with Gasteiger partial charge in [0.1, 0.15) is 12.5 Å². The predicted octanol–water partition coefficient (Wildman–Crippen LogP) is 3.65. The first kappa shape index (κ1) is 11.5. The smallest absolute Gasteiger partial charge is 0.142 e. The highest BCUT2D eigenvalue weighted by molar-refractivity contribution is 5.89. The minimum Gasteiger partial charge on any atom is -0.477 e. The summed E-state index contributed by atoms with van der Waals surface area (Å²) in [4.78, 5) is 2.36. The van der Waals surface area contributed by atoms with Gasteiger partial charge in [0.25, 0.3) is 0 Å². The summed E-state index contributed by atoms with van der Waals surface area (Å²) in [6, 6.07) is 12.8. The number of rotatable bonds is 2. The molecular formula is C16H19NO. The molecule has 1 aliphatic rings. The Kier molecular flexibility index (Phi) is 2.96. The van der Waals surface area contributed by atoms with E-state index in [-0.39, 0.29) is 0 Å². The Bertz CT molecular complexity index is 562. The minimum atomic E-state index is 0.676. The lowest BCUT2D eigenvalue weighted by Gasteiger charge is -2.30. The summed E-state index contributed by atoms with van der Waals surface area (Å²) in [5.74, 6) is 1.75. The quantitative estimate of drug-likeness (QED) is 0.795. The van der Waals surface area contributed by atoms with E-state index in [0.29, 0.717) is 12.6 Å². The van der Waals surface area contributed by atoms with Gasteiger partial charge in [0.2, 0.25) is 0 Å². The lowest BCUT2D eigenvalue weighted by atomic mass is 10.0. The number of benzene rings is 2. The van der Waals surface area contributed by atoms with Crippen molar-refractivity contribution >= 4 is 10.8 Å². The molecule has 0 aliphatic carbocycles. The Morgan fingerprint density at radius 1 is 1.17 bits per heavy atom. The Morgan fingerprint density at radius 2 is 2.00 bits per heavy atom. The van der Waals surface area contributed by atoms with Crippen molar-refractivity contribution in [3.05, 3.63) is 42.0 Å². The predicted molar refractivity (Wildman–Crippen MR) is 74.7 cm³/mol. The molecule has 2 aromatic rings. The van der Waals surface area contributed by atoms with E-state index in [9.17, 15) is 0 Å².